The van der Waals surface area contributed by atoms with Crippen molar-refractivity contribution in [2.45, 2.75) is 27.2 Å². The van der Waals surface area contributed by atoms with Crippen LogP contribution in [0.4, 0.5) is 0 Å². The smallest absolute Gasteiger partial charge is 0.255 e. The van der Waals surface area contributed by atoms with Crippen LogP contribution in [0.1, 0.15) is 35.1 Å². The highest BCUT2D eigenvalue weighted by Crippen LogP contribution is 2.17. The van der Waals surface area contributed by atoms with Crippen molar-refractivity contribution >= 4 is 11.8 Å². The predicted octanol–water partition coefficient (Wildman–Crippen LogP) is 1.75. The molecule has 0 atom stereocenters. The van der Waals surface area contributed by atoms with Gasteiger partial charge in [-0.05, 0) is 32.4 Å². The zero-order chi connectivity index (χ0) is 16.8. The van der Waals surface area contributed by atoms with E-state index in [1.807, 2.05) is 44.2 Å². The third-order valence-electron chi connectivity index (χ3n) is 3.50. The van der Waals surface area contributed by atoms with Crippen LogP contribution in [-0.2, 0) is 4.79 Å². The number of hydrogen-bond donors (Lipinski definition) is 2. The first-order chi connectivity index (χ1) is 11.0. The fourth-order valence-corrected chi connectivity index (χ4v) is 2.37. The molecular formula is C17H22N4O2. The molecule has 0 aliphatic rings. The Kier molecular flexibility index (Phi) is 5.51. The highest BCUT2D eigenvalue weighted by Gasteiger charge is 2.19. The number of nitrogens with zero attached hydrogens (tertiary/aromatic N) is 2. The number of carbonyl (C=O) groups is 2. The number of nitrogens with one attached hydrogen (secondary N) is 2. The van der Waals surface area contributed by atoms with Gasteiger partial charge in [0.1, 0.15) is 0 Å². The Morgan fingerprint density at radius 1 is 1.13 bits per heavy atom. The molecule has 0 spiro atoms. The summed E-state index contributed by atoms with van der Waals surface area (Å²) in [6.45, 7) is 6.19. The van der Waals surface area contributed by atoms with Gasteiger partial charge in [0, 0.05) is 6.54 Å². The van der Waals surface area contributed by atoms with Gasteiger partial charge in [0.25, 0.3) is 5.91 Å². The van der Waals surface area contributed by atoms with E-state index in [9.17, 15) is 9.59 Å². The van der Waals surface area contributed by atoms with Crippen molar-refractivity contribution in [1.29, 1.82) is 0 Å². The molecule has 1 aromatic heterocycles. The quantitative estimate of drug-likeness (QED) is 0.853. The van der Waals surface area contributed by atoms with Crippen molar-refractivity contribution in [2.75, 3.05) is 13.1 Å². The molecule has 0 saturated heterocycles. The van der Waals surface area contributed by atoms with Crippen molar-refractivity contribution in [1.82, 2.24) is 20.4 Å². The molecular weight excluding hydrogens is 292 g/mol. The van der Waals surface area contributed by atoms with E-state index < -0.39 is 0 Å². The molecule has 1 aromatic carbocycles. The number of benzene rings is 1. The average molecular weight is 314 g/mol. The molecule has 0 fully saturated rings. The summed E-state index contributed by atoms with van der Waals surface area (Å²) in [7, 11) is 0. The molecule has 0 aliphatic heterocycles. The van der Waals surface area contributed by atoms with Gasteiger partial charge in [0.05, 0.1) is 29.2 Å². The van der Waals surface area contributed by atoms with Gasteiger partial charge < -0.3 is 10.6 Å². The standard InChI is InChI=1S/C17H22N4O2/c1-4-10-18-15(22)11-19-17(23)16-12(2)20-21(13(16)3)14-8-6-5-7-9-14/h5-9H,4,10-11H2,1-3H3,(H,18,22)(H,19,23). The summed E-state index contributed by atoms with van der Waals surface area (Å²) in [5, 5.41) is 9.81. The van der Waals surface area contributed by atoms with Crippen molar-refractivity contribution in [2.24, 2.45) is 0 Å². The van der Waals surface area contributed by atoms with Crippen LogP contribution in [0.5, 0.6) is 0 Å². The number of hydrogen-bond acceptors (Lipinski definition) is 3. The van der Waals surface area contributed by atoms with Gasteiger partial charge in [-0.25, -0.2) is 4.68 Å². The van der Waals surface area contributed by atoms with E-state index in [1.54, 1.807) is 11.6 Å². The minimum absolute atomic E-state index is 0.0335. The molecule has 1 heterocycles. The zero-order valence-electron chi connectivity index (χ0n) is 13.7. The normalized spacial score (nSPS) is 10.4. The molecule has 2 rings (SSSR count). The fourth-order valence-electron chi connectivity index (χ4n) is 2.37. The molecule has 6 heteroatoms. The van der Waals surface area contributed by atoms with Crippen LogP contribution in [0.3, 0.4) is 0 Å². The second kappa shape index (κ2) is 7.58. The Labute approximate surface area is 135 Å². The summed E-state index contributed by atoms with van der Waals surface area (Å²) in [5.41, 5.74) is 2.79. The van der Waals surface area contributed by atoms with E-state index in [4.69, 9.17) is 0 Å². The summed E-state index contributed by atoms with van der Waals surface area (Å²) in [4.78, 5) is 24.0. The molecule has 23 heavy (non-hydrogen) atoms. The van der Waals surface area contributed by atoms with E-state index in [-0.39, 0.29) is 18.4 Å². The van der Waals surface area contributed by atoms with Gasteiger partial charge in [0.15, 0.2) is 0 Å². The van der Waals surface area contributed by atoms with Crippen molar-refractivity contribution < 1.29 is 9.59 Å². The largest absolute Gasteiger partial charge is 0.355 e. The number of aryl methyl sites for hydroxylation is 1. The Morgan fingerprint density at radius 2 is 1.83 bits per heavy atom. The molecule has 0 radical (unpaired) electrons. The first kappa shape index (κ1) is 16.7. The van der Waals surface area contributed by atoms with Gasteiger partial charge >= 0.3 is 0 Å². The lowest BCUT2D eigenvalue weighted by molar-refractivity contribution is -0.120. The van der Waals surface area contributed by atoms with Crippen LogP contribution in [0.2, 0.25) is 0 Å². The monoisotopic (exact) mass is 314 g/mol. The lowest BCUT2D eigenvalue weighted by atomic mass is 10.2. The van der Waals surface area contributed by atoms with E-state index >= 15 is 0 Å². The van der Waals surface area contributed by atoms with E-state index in [1.165, 1.54) is 0 Å². The third kappa shape index (κ3) is 3.97. The van der Waals surface area contributed by atoms with E-state index in [0.717, 1.165) is 17.8 Å². The van der Waals surface area contributed by atoms with Crippen LogP contribution < -0.4 is 10.6 Å². The van der Waals surface area contributed by atoms with Crippen LogP contribution >= 0.6 is 0 Å². The molecule has 0 unspecified atom stereocenters. The Morgan fingerprint density at radius 3 is 2.48 bits per heavy atom. The maximum atomic E-state index is 12.4. The van der Waals surface area contributed by atoms with Gasteiger partial charge in [-0.1, -0.05) is 25.1 Å². The van der Waals surface area contributed by atoms with E-state index in [0.29, 0.717) is 17.8 Å². The minimum Gasteiger partial charge on any atom is -0.355 e. The lowest BCUT2D eigenvalue weighted by Crippen LogP contribution is -2.37. The molecule has 2 amide bonds. The van der Waals surface area contributed by atoms with Crippen LogP contribution in [0.25, 0.3) is 5.69 Å². The predicted molar refractivity (Wildman–Crippen MR) is 88.7 cm³/mol. The maximum Gasteiger partial charge on any atom is 0.255 e. The SMILES string of the molecule is CCCNC(=O)CNC(=O)c1c(C)nn(-c2ccccc2)c1C. The maximum absolute atomic E-state index is 12.4. The first-order valence-electron chi connectivity index (χ1n) is 7.71. The van der Waals surface area contributed by atoms with Gasteiger partial charge in [0.2, 0.25) is 5.91 Å². The Hall–Kier alpha value is -2.63. The first-order valence-corrected chi connectivity index (χ1v) is 7.71. The topological polar surface area (TPSA) is 76.0 Å². The van der Waals surface area contributed by atoms with Gasteiger partial charge in [-0.2, -0.15) is 5.10 Å². The lowest BCUT2D eigenvalue weighted by Gasteiger charge is -2.07. The van der Waals surface area contributed by atoms with Crippen LogP contribution in [0.15, 0.2) is 30.3 Å². The number of carbonyl (C=O) groups excluding carboxylic acids is 2. The van der Waals surface area contributed by atoms with Crippen molar-refractivity contribution in [3.8, 4) is 5.69 Å². The van der Waals surface area contributed by atoms with Crippen molar-refractivity contribution in [3.63, 3.8) is 0 Å². The number of para-hydroxylation sites is 1. The molecule has 0 saturated carbocycles. The molecule has 2 aromatic rings. The zero-order valence-corrected chi connectivity index (χ0v) is 13.7. The second-order valence-electron chi connectivity index (χ2n) is 5.33. The van der Waals surface area contributed by atoms with Gasteiger partial charge in [-0.3, -0.25) is 9.59 Å². The molecule has 0 bridgehead atoms. The van der Waals surface area contributed by atoms with Gasteiger partial charge in [-0.15, -0.1) is 0 Å². The second-order valence-corrected chi connectivity index (χ2v) is 5.33. The highest BCUT2D eigenvalue weighted by molar-refractivity contribution is 5.98. The molecule has 2 N–H and O–H groups in total. The third-order valence-corrected chi connectivity index (χ3v) is 3.50. The summed E-state index contributed by atoms with van der Waals surface area (Å²) < 4.78 is 1.74. The van der Waals surface area contributed by atoms with Crippen LogP contribution in [-0.4, -0.2) is 34.7 Å². The Bertz CT molecular complexity index is 692. The summed E-state index contributed by atoms with van der Waals surface area (Å²) in [5.74, 6) is -0.472. The molecule has 0 aliphatic carbocycles. The summed E-state index contributed by atoms with van der Waals surface area (Å²) in [6, 6.07) is 9.63. The molecule has 122 valence electrons. The van der Waals surface area contributed by atoms with Crippen LogP contribution in [0, 0.1) is 13.8 Å². The number of aromatic nitrogens is 2. The fraction of sp³-hybridized carbons (Fsp3) is 0.353. The summed E-state index contributed by atoms with van der Waals surface area (Å²) in [6.07, 6.45) is 0.863. The summed E-state index contributed by atoms with van der Waals surface area (Å²) >= 11 is 0. The highest BCUT2D eigenvalue weighted by atomic mass is 16.2. The van der Waals surface area contributed by atoms with E-state index in [2.05, 4.69) is 15.7 Å². The number of rotatable bonds is 6. The average Bonchev–Trinajstić information content (AvgIpc) is 2.86. The molecule has 6 nitrogen and oxygen atoms in total. The Balaban J connectivity index is 2.12. The number of amides is 2. The van der Waals surface area contributed by atoms with Crippen molar-refractivity contribution in [3.05, 3.63) is 47.3 Å². The minimum atomic E-state index is -0.283.